The molecule has 0 bridgehead atoms. The molecule has 20 heavy (non-hydrogen) atoms. The van der Waals surface area contributed by atoms with Gasteiger partial charge in [-0.2, -0.15) is 4.31 Å². The smallest absolute Gasteiger partial charge is 0.243 e. The monoisotopic (exact) mass is 297 g/mol. The van der Waals surface area contributed by atoms with Crippen LogP contribution in [0.5, 0.6) is 0 Å². The SMILES string of the molecule is CC1(C)OCC2(CO1)CN(S(=O)(=O)c1ccccc1)C2. The van der Waals surface area contributed by atoms with Crippen LogP contribution in [0.25, 0.3) is 0 Å². The maximum Gasteiger partial charge on any atom is 0.243 e. The van der Waals surface area contributed by atoms with Crippen LogP contribution in [0, 0.1) is 5.41 Å². The van der Waals surface area contributed by atoms with Gasteiger partial charge >= 0.3 is 0 Å². The van der Waals surface area contributed by atoms with E-state index in [0.717, 1.165) is 0 Å². The van der Waals surface area contributed by atoms with Crippen molar-refractivity contribution < 1.29 is 17.9 Å². The van der Waals surface area contributed by atoms with Gasteiger partial charge in [0.25, 0.3) is 0 Å². The van der Waals surface area contributed by atoms with Gasteiger partial charge in [0.2, 0.25) is 10.0 Å². The fourth-order valence-corrected chi connectivity index (χ4v) is 4.22. The van der Waals surface area contributed by atoms with Gasteiger partial charge in [-0.05, 0) is 26.0 Å². The number of hydrogen-bond donors (Lipinski definition) is 0. The van der Waals surface area contributed by atoms with Gasteiger partial charge in [-0.1, -0.05) is 18.2 Å². The molecule has 2 fully saturated rings. The molecule has 0 atom stereocenters. The number of sulfonamides is 1. The van der Waals surface area contributed by atoms with Crippen LogP contribution in [0.15, 0.2) is 35.2 Å². The Kier molecular flexibility index (Phi) is 3.17. The summed E-state index contributed by atoms with van der Waals surface area (Å²) in [6, 6.07) is 8.52. The number of hydrogen-bond acceptors (Lipinski definition) is 4. The van der Waals surface area contributed by atoms with Crippen LogP contribution in [-0.4, -0.2) is 44.8 Å². The highest BCUT2D eigenvalue weighted by atomic mass is 32.2. The average molecular weight is 297 g/mol. The lowest BCUT2D eigenvalue weighted by molar-refractivity contribution is -0.299. The molecule has 110 valence electrons. The molecule has 3 rings (SSSR count). The molecule has 0 aromatic heterocycles. The predicted molar refractivity (Wildman–Crippen MR) is 73.6 cm³/mol. The first-order chi connectivity index (χ1) is 9.33. The van der Waals surface area contributed by atoms with Gasteiger partial charge in [-0.25, -0.2) is 8.42 Å². The molecule has 1 aromatic rings. The summed E-state index contributed by atoms with van der Waals surface area (Å²) in [7, 11) is -3.38. The van der Waals surface area contributed by atoms with Crippen molar-refractivity contribution in [2.75, 3.05) is 26.3 Å². The molecule has 0 aliphatic carbocycles. The molecule has 0 N–H and O–H groups in total. The van der Waals surface area contributed by atoms with Gasteiger partial charge in [0, 0.05) is 18.5 Å². The van der Waals surface area contributed by atoms with Crippen molar-refractivity contribution in [2.45, 2.75) is 24.5 Å². The molecule has 0 amide bonds. The number of rotatable bonds is 2. The predicted octanol–water partition coefficient (Wildman–Crippen LogP) is 1.46. The quantitative estimate of drug-likeness (QED) is 0.829. The van der Waals surface area contributed by atoms with E-state index in [4.69, 9.17) is 9.47 Å². The largest absolute Gasteiger partial charge is 0.350 e. The van der Waals surface area contributed by atoms with E-state index >= 15 is 0 Å². The number of nitrogens with zero attached hydrogens (tertiary/aromatic N) is 1. The van der Waals surface area contributed by atoms with E-state index in [2.05, 4.69) is 0 Å². The molecule has 2 heterocycles. The second kappa shape index (κ2) is 4.53. The minimum absolute atomic E-state index is 0.183. The highest BCUT2D eigenvalue weighted by molar-refractivity contribution is 7.89. The van der Waals surface area contributed by atoms with E-state index < -0.39 is 15.8 Å². The summed E-state index contributed by atoms with van der Waals surface area (Å²) in [6.45, 7) is 5.75. The zero-order valence-corrected chi connectivity index (χ0v) is 12.5. The standard InChI is InChI=1S/C14H19NO4S/c1-13(2)18-10-14(11-19-13)8-15(9-14)20(16,17)12-6-4-3-5-7-12/h3-7H,8-11H2,1-2H3. The molecule has 5 nitrogen and oxygen atoms in total. The zero-order chi connectivity index (χ0) is 14.4. The third-order valence-electron chi connectivity index (χ3n) is 3.86. The number of ether oxygens (including phenoxy) is 2. The van der Waals surface area contributed by atoms with Crippen molar-refractivity contribution in [3.63, 3.8) is 0 Å². The first-order valence-electron chi connectivity index (χ1n) is 6.66. The molecule has 6 heteroatoms. The normalized spacial score (nSPS) is 25.3. The maximum absolute atomic E-state index is 12.4. The minimum atomic E-state index is -3.38. The lowest BCUT2D eigenvalue weighted by Gasteiger charge is -2.53. The van der Waals surface area contributed by atoms with E-state index in [9.17, 15) is 8.42 Å². The summed E-state index contributed by atoms with van der Waals surface area (Å²) < 4.78 is 37.6. The average Bonchev–Trinajstić information content (AvgIpc) is 2.37. The number of benzene rings is 1. The van der Waals surface area contributed by atoms with Gasteiger partial charge in [0.1, 0.15) is 0 Å². The fourth-order valence-electron chi connectivity index (χ4n) is 2.53. The van der Waals surface area contributed by atoms with E-state index in [0.29, 0.717) is 31.2 Å². The van der Waals surface area contributed by atoms with Crippen molar-refractivity contribution >= 4 is 10.0 Å². The molecule has 2 aliphatic rings. The molecule has 0 unspecified atom stereocenters. The Labute approximate surface area is 119 Å². The van der Waals surface area contributed by atoms with Gasteiger partial charge in [-0.15, -0.1) is 0 Å². The minimum Gasteiger partial charge on any atom is -0.350 e. The van der Waals surface area contributed by atoms with Crippen molar-refractivity contribution in [1.82, 2.24) is 4.31 Å². The van der Waals surface area contributed by atoms with Crippen molar-refractivity contribution in [3.8, 4) is 0 Å². The van der Waals surface area contributed by atoms with E-state index in [1.807, 2.05) is 19.9 Å². The van der Waals surface area contributed by atoms with Gasteiger partial charge in [-0.3, -0.25) is 0 Å². The molecule has 2 saturated heterocycles. The molecule has 0 radical (unpaired) electrons. The summed E-state index contributed by atoms with van der Waals surface area (Å²) in [5, 5.41) is 0. The van der Waals surface area contributed by atoms with E-state index in [1.165, 1.54) is 4.31 Å². The van der Waals surface area contributed by atoms with Gasteiger partial charge < -0.3 is 9.47 Å². The Balaban J connectivity index is 1.69. The molecular weight excluding hydrogens is 278 g/mol. The van der Waals surface area contributed by atoms with Crippen LogP contribution in [-0.2, 0) is 19.5 Å². The Hall–Kier alpha value is -0.950. The van der Waals surface area contributed by atoms with Crippen molar-refractivity contribution in [2.24, 2.45) is 5.41 Å². The summed E-state index contributed by atoms with van der Waals surface area (Å²) in [5.74, 6) is -0.566. The van der Waals surface area contributed by atoms with Crippen molar-refractivity contribution in [1.29, 1.82) is 0 Å². The molecule has 1 spiro atoms. The highest BCUT2D eigenvalue weighted by Gasteiger charge is 2.52. The summed E-state index contributed by atoms with van der Waals surface area (Å²) in [4.78, 5) is 0.341. The molecule has 1 aromatic carbocycles. The lowest BCUT2D eigenvalue weighted by Crippen LogP contribution is -2.65. The van der Waals surface area contributed by atoms with Crippen LogP contribution in [0.4, 0.5) is 0 Å². The summed E-state index contributed by atoms with van der Waals surface area (Å²) >= 11 is 0. The Bertz CT molecular complexity index is 579. The highest BCUT2D eigenvalue weighted by Crippen LogP contribution is 2.40. The second-order valence-electron chi connectivity index (χ2n) is 6.06. The third kappa shape index (κ3) is 2.37. The van der Waals surface area contributed by atoms with Crippen LogP contribution < -0.4 is 0 Å². The van der Waals surface area contributed by atoms with E-state index in [-0.39, 0.29) is 5.41 Å². The third-order valence-corrected chi connectivity index (χ3v) is 5.66. The summed E-state index contributed by atoms with van der Waals surface area (Å²) in [6.07, 6.45) is 0. The molecule has 0 saturated carbocycles. The first-order valence-corrected chi connectivity index (χ1v) is 8.10. The van der Waals surface area contributed by atoms with Crippen LogP contribution in [0.2, 0.25) is 0 Å². The Morgan fingerprint density at radius 1 is 1.05 bits per heavy atom. The summed E-state index contributed by atoms with van der Waals surface area (Å²) in [5.41, 5.74) is -0.183. The Morgan fingerprint density at radius 2 is 1.60 bits per heavy atom. The van der Waals surface area contributed by atoms with Gasteiger partial charge in [0.05, 0.1) is 18.1 Å². The van der Waals surface area contributed by atoms with Crippen molar-refractivity contribution in [3.05, 3.63) is 30.3 Å². The second-order valence-corrected chi connectivity index (χ2v) is 8.00. The topological polar surface area (TPSA) is 55.8 Å². The zero-order valence-electron chi connectivity index (χ0n) is 11.7. The maximum atomic E-state index is 12.4. The Morgan fingerprint density at radius 3 is 2.15 bits per heavy atom. The lowest BCUT2D eigenvalue weighted by atomic mass is 9.82. The van der Waals surface area contributed by atoms with E-state index in [1.54, 1.807) is 24.3 Å². The van der Waals surface area contributed by atoms with Crippen LogP contribution in [0.1, 0.15) is 13.8 Å². The first kappa shape index (κ1) is 14.0. The molecular formula is C14H19NO4S. The van der Waals surface area contributed by atoms with Gasteiger partial charge in [0.15, 0.2) is 5.79 Å². The van der Waals surface area contributed by atoms with Crippen LogP contribution >= 0.6 is 0 Å². The molecule has 2 aliphatic heterocycles. The fraction of sp³-hybridized carbons (Fsp3) is 0.571. The van der Waals surface area contributed by atoms with Crippen LogP contribution in [0.3, 0.4) is 0 Å².